The summed E-state index contributed by atoms with van der Waals surface area (Å²) in [5.41, 5.74) is 1.07. The maximum absolute atomic E-state index is 11.3. The highest BCUT2D eigenvalue weighted by atomic mass is 35.5. The minimum absolute atomic E-state index is 0.0450. The van der Waals surface area contributed by atoms with Crippen molar-refractivity contribution in [2.75, 3.05) is 12.3 Å². The Bertz CT molecular complexity index is 604. The zero-order valence-corrected chi connectivity index (χ0v) is 13.7. The van der Waals surface area contributed by atoms with Gasteiger partial charge in [0.2, 0.25) is 0 Å². The van der Waals surface area contributed by atoms with Crippen molar-refractivity contribution in [3.8, 4) is 0 Å². The first-order chi connectivity index (χ1) is 10.5. The Hall–Kier alpha value is -1.60. The summed E-state index contributed by atoms with van der Waals surface area (Å²) < 4.78 is 0. The van der Waals surface area contributed by atoms with Gasteiger partial charge in [0.05, 0.1) is 4.92 Å². The van der Waals surface area contributed by atoms with E-state index in [4.69, 9.17) is 11.6 Å². The average molecular weight is 342 g/mol. The summed E-state index contributed by atoms with van der Waals surface area (Å²) in [4.78, 5) is 28.0. The van der Waals surface area contributed by atoms with Crippen molar-refractivity contribution in [2.24, 2.45) is 0 Å². The van der Waals surface area contributed by atoms with E-state index >= 15 is 0 Å². The summed E-state index contributed by atoms with van der Waals surface area (Å²) in [5, 5.41) is 12.4. The fraction of sp³-hybridized carbons (Fsp3) is 0.429. The summed E-state index contributed by atoms with van der Waals surface area (Å²) in [6.45, 7) is 2.73. The lowest BCUT2D eigenvalue weighted by atomic mass is 10.2. The Morgan fingerprint density at radius 1 is 1.50 bits per heavy atom. The Balaban J connectivity index is 2.18. The maximum atomic E-state index is 11.3. The van der Waals surface area contributed by atoms with Crippen LogP contribution in [-0.2, 0) is 11.3 Å². The van der Waals surface area contributed by atoms with Gasteiger partial charge >= 0.3 is 0 Å². The molecule has 2 rings (SSSR count). The molecule has 0 radical (unpaired) electrons. The zero-order valence-electron chi connectivity index (χ0n) is 12.1. The van der Waals surface area contributed by atoms with Crippen LogP contribution in [0.5, 0.6) is 0 Å². The Morgan fingerprint density at radius 2 is 2.27 bits per heavy atom. The number of thioether (sulfide) groups is 1. The van der Waals surface area contributed by atoms with E-state index in [0.717, 1.165) is 17.9 Å². The van der Waals surface area contributed by atoms with Crippen LogP contribution in [0.1, 0.15) is 25.3 Å². The summed E-state index contributed by atoms with van der Waals surface area (Å²) in [6.07, 6.45) is 2.03. The molecule has 0 atom stereocenters. The SMILES string of the molecule is CC(=O)CC/C(=C1/SCCN1Cc1ccc(Cl)nc1)[N+](=O)[O-]. The highest BCUT2D eigenvalue weighted by molar-refractivity contribution is 8.03. The largest absolute Gasteiger partial charge is 0.356 e. The smallest absolute Gasteiger partial charge is 0.276 e. The summed E-state index contributed by atoms with van der Waals surface area (Å²) >= 11 is 7.23. The number of rotatable bonds is 6. The van der Waals surface area contributed by atoms with E-state index in [-0.39, 0.29) is 29.2 Å². The van der Waals surface area contributed by atoms with Crippen LogP contribution in [0.3, 0.4) is 0 Å². The highest BCUT2D eigenvalue weighted by Crippen LogP contribution is 2.33. The molecular formula is C14H16ClN3O3S. The summed E-state index contributed by atoms with van der Waals surface area (Å²) in [6, 6.07) is 3.56. The number of aromatic nitrogens is 1. The highest BCUT2D eigenvalue weighted by Gasteiger charge is 2.28. The number of ketones is 1. The second-order valence-corrected chi connectivity index (χ2v) is 6.44. The maximum Gasteiger partial charge on any atom is 0.276 e. The number of carbonyl (C=O) groups excluding carboxylic acids is 1. The second kappa shape index (κ2) is 7.60. The van der Waals surface area contributed by atoms with Crippen molar-refractivity contribution in [3.05, 3.63) is 49.9 Å². The molecule has 118 valence electrons. The van der Waals surface area contributed by atoms with Crippen molar-refractivity contribution in [3.63, 3.8) is 0 Å². The standard InChI is InChI=1S/C14H16ClN3O3S/c1-10(19)2-4-12(18(20)21)14-17(6-7-22-14)9-11-3-5-13(15)16-8-11/h3,5,8H,2,4,6-7,9H2,1H3/b14-12-. The molecule has 1 aliphatic heterocycles. The molecule has 0 spiro atoms. The third kappa shape index (κ3) is 4.45. The number of halogens is 1. The van der Waals surface area contributed by atoms with Crippen molar-refractivity contribution < 1.29 is 9.72 Å². The normalized spacial score (nSPS) is 16.7. The zero-order chi connectivity index (χ0) is 16.1. The van der Waals surface area contributed by atoms with E-state index in [9.17, 15) is 14.9 Å². The third-order valence-corrected chi connectivity index (χ3v) is 4.61. The molecule has 1 aromatic heterocycles. The second-order valence-electron chi connectivity index (χ2n) is 4.97. The lowest BCUT2D eigenvalue weighted by molar-refractivity contribution is -0.429. The molecule has 2 heterocycles. The van der Waals surface area contributed by atoms with Crippen molar-refractivity contribution in [1.29, 1.82) is 0 Å². The van der Waals surface area contributed by atoms with E-state index in [0.29, 0.717) is 16.7 Å². The fourth-order valence-corrected chi connectivity index (χ4v) is 3.45. The number of nitrogens with zero attached hydrogens (tertiary/aromatic N) is 3. The molecule has 8 heteroatoms. The molecule has 1 aromatic rings. The lowest BCUT2D eigenvalue weighted by Gasteiger charge is -2.19. The van der Waals surface area contributed by atoms with E-state index in [1.165, 1.54) is 18.7 Å². The number of allylic oxidation sites excluding steroid dienone is 1. The molecule has 0 unspecified atom stereocenters. The van der Waals surface area contributed by atoms with Crippen LogP contribution >= 0.6 is 23.4 Å². The fourth-order valence-electron chi connectivity index (χ4n) is 2.15. The van der Waals surface area contributed by atoms with Crippen LogP contribution in [0, 0.1) is 10.1 Å². The predicted molar refractivity (Wildman–Crippen MR) is 86.1 cm³/mol. The van der Waals surface area contributed by atoms with Crippen LogP contribution < -0.4 is 0 Å². The Kier molecular flexibility index (Phi) is 5.79. The van der Waals surface area contributed by atoms with Crippen molar-refractivity contribution in [2.45, 2.75) is 26.3 Å². The van der Waals surface area contributed by atoms with Gasteiger partial charge in [-0.3, -0.25) is 10.1 Å². The van der Waals surface area contributed by atoms with Gasteiger partial charge in [-0.15, -0.1) is 11.8 Å². The van der Waals surface area contributed by atoms with Gasteiger partial charge in [0.1, 0.15) is 16.0 Å². The Morgan fingerprint density at radius 3 is 2.86 bits per heavy atom. The molecule has 1 fully saturated rings. The van der Waals surface area contributed by atoms with Gasteiger partial charge in [0.15, 0.2) is 0 Å². The van der Waals surface area contributed by atoms with E-state index < -0.39 is 0 Å². The topological polar surface area (TPSA) is 76.3 Å². The molecule has 22 heavy (non-hydrogen) atoms. The molecule has 0 aliphatic carbocycles. The lowest BCUT2D eigenvalue weighted by Crippen LogP contribution is -2.20. The van der Waals surface area contributed by atoms with E-state index in [2.05, 4.69) is 4.98 Å². The molecule has 0 aromatic carbocycles. The number of nitro groups is 1. The molecule has 1 saturated heterocycles. The first-order valence-electron chi connectivity index (χ1n) is 6.82. The van der Waals surface area contributed by atoms with Crippen molar-refractivity contribution in [1.82, 2.24) is 9.88 Å². The molecule has 0 saturated carbocycles. The average Bonchev–Trinajstić information content (AvgIpc) is 2.89. The number of hydrogen-bond acceptors (Lipinski definition) is 6. The third-order valence-electron chi connectivity index (χ3n) is 3.23. The van der Waals surface area contributed by atoms with Crippen molar-refractivity contribution >= 4 is 29.1 Å². The predicted octanol–water partition coefficient (Wildman–Crippen LogP) is 3.10. The molecule has 1 aliphatic rings. The molecule has 0 bridgehead atoms. The van der Waals surface area contributed by atoms with E-state index in [1.807, 2.05) is 11.0 Å². The summed E-state index contributed by atoms with van der Waals surface area (Å²) in [7, 11) is 0. The minimum Gasteiger partial charge on any atom is -0.356 e. The molecule has 0 amide bonds. The van der Waals surface area contributed by atoms with Gasteiger partial charge in [-0.1, -0.05) is 17.7 Å². The van der Waals surface area contributed by atoms with Crippen LogP contribution in [0.2, 0.25) is 5.15 Å². The van der Waals surface area contributed by atoms with E-state index in [1.54, 1.807) is 12.3 Å². The van der Waals surface area contributed by atoms with Gasteiger partial charge in [-0.2, -0.15) is 0 Å². The number of pyridine rings is 1. The van der Waals surface area contributed by atoms with Crippen LogP contribution in [0.25, 0.3) is 0 Å². The number of Topliss-reactive ketones (excluding diaryl/α,β-unsaturated/α-hetero) is 1. The van der Waals surface area contributed by atoms with Crippen LogP contribution in [0.15, 0.2) is 29.1 Å². The van der Waals surface area contributed by atoms with Gasteiger partial charge in [-0.25, -0.2) is 4.98 Å². The van der Waals surface area contributed by atoms with Gasteiger partial charge < -0.3 is 9.69 Å². The first kappa shape index (κ1) is 16.8. The molecule has 0 N–H and O–H groups in total. The van der Waals surface area contributed by atoms with Gasteiger partial charge in [0, 0.05) is 37.9 Å². The number of hydrogen-bond donors (Lipinski definition) is 0. The summed E-state index contributed by atoms with van der Waals surface area (Å²) in [5.74, 6) is 0.754. The van der Waals surface area contributed by atoms with Gasteiger partial charge in [0.25, 0.3) is 5.70 Å². The minimum atomic E-state index is -0.371. The molecular weight excluding hydrogens is 326 g/mol. The number of carbonyl (C=O) groups is 1. The van der Waals surface area contributed by atoms with Crippen LogP contribution in [-0.4, -0.2) is 32.9 Å². The first-order valence-corrected chi connectivity index (χ1v) is 8.19. The van der Waals surface area contributed by atoms with Crippen LogP contribution in [0.4, 0.5) is 0 Å². The monoisotopic (exact) mass is 341 g/mol. The molecule has 6 nitrogen and oxygen atoms in total. The quantitative estimate of drug-likeness (QED) is 0.449. The van der Waals surface area contributed by atoms with Gasteiger partial charge in [-0.05, 0) is 18.6 Å². The Labute approximate surface area is 137 Å².